The van der Waals surface area contributed by atoms with Crippen LogP contribution in [0.5, 0.6) is 0 Å². The van der Waals surface area contributed by atoms with Crippen molar-refractivity contribution in [3.8, 4) is 11.5 Å². The molecule has 0 amide bonds. The van der Waals surface area contributed by atoms with Gasteiger partial charge in [0.25, 0.3) is 0 Å². The van der Waals surface area contributed by atoms with Crippen LogP contribution in [-0.2, 0) is 0 Å². The molecule has 2 aromatic heterocycles. The number of anilines is 1. The summed E-state index contributed by atoms with van der Waals surface area (Å²) in [5.74, 6) is 1.66. The third kappa shape index (κ3) is 3.64. The number of benzene rings is 1. The molecule has 0 spiro atoms. The van der Waals surface area contributed by atoms with Crippen molar-refractivity contribution < 1.29 is 0 Å². The van der Waals surface area contributed by atoms with E-state index < -0.39 is 0 Å². The molecule has 1 aliphatic carbocycles. The number of hydrogen-bond acceptors (Lipinski definition) is 7. The lowest BCUT2D eigenvalue weighted by Crippen LogP contribution is -2.40. The molecule has 1 fully saturated rings. The van der Waals surface area contributed by atoms with Crippen LogP contribution in [0.3, 0.4) is 0 Å². The van der Waals surface area contributed by atoms with E-state index in [1.54, 1.807) is 0 Å². The quantitative estimate of drug-likeness (QED) is 0.482. The number of piperidine rings is 1. The Morgan fingerprint density at radius 3 is 2.79 bits per heavy atom. The summed E-state index contributed by atoms with van der Waals surface area (Å²) in [4.78, 5) is 20.2. The van der Waals surface area contributed by atoms with Gasteiger partial charge in [-0.25, -0.2) is 4.98 Å². The first-order valence-electron chi connectivity index (χ1n) is 11.9. The predicted octanol–water partition coefficient (Wildman–Crippen LogP) is 3.37. The smallest absolute Gasteiger partial charge is 0.157 e. The van der Waals surface area contributed by atoms with Crippen LogP contribution in [0.2, 0.25) is 0 Å². The maximum atomic E-state index is 6.10. The number of likely N-dealkylation sites (tertiary alicyclic amines) is 1. The van der Waals surface area contributed by atoms with Gasteiger partial charge in [0.1, 0.15) is 17.1 Å². The molecule has 1 unspecified atom stereocenters. The van der Waals surface area contributed by atoms with Crippen LogP contribution in [-0.4, -0.2) is 57.4 Å². The fourth-order valence-electron chi connectivity index (χ4n) is 4.93. The van der Waals surface area contributed by atoms with Crippen molar-refractivity contribution in [1.82, 2.24) is 25.2 Å². The van der Waals surface area contributed by atoms with Gasteiger partial charge in [-0.3, -0.25) is 9.98 Å². The Kier molecular flexibility index (Phi) is 4.91. The van der Waals surface area contributed by atoms with E-state index in [0.29, 0.717) is 6.04 Å². The van der Waals surface area contributed by atoms with E-state index >= 15 is 0 Å². The second-order valence-electron chi connectivity index (χ2n) is 9.57. The summed E-state index contributed by atoms with van der Waals surface area (Å²) >= 11 is 0. The highest BCUT2D eigenvalue weighted by atomic mass is 15.2. The molecule has 0 saturated carbocycles. The maximum Gasteiger partial charge on any atom is 0.157 e. The number of nitrogens with two attached hydrogens (primary N) is 1. The summed E-state index contributed by atoms with van der Waals surface area (Å²) in [7, 11) is 1.88. The van der Waals surface area contributed by atoms with Gasteiger partial charge in [0.05, 0.1) is 22.9 Å². The maximum absolute atomic E-state index is 6.10. The molecule has 2 aliphatic heterocycles. The van der Waals surface area contributed by atoms with Crippen molar-refractivity contribution in [3.63, 3.8) is 0 Å². The Hall–Kier alpha value is -3.65. The summed E-state index contributed by atoms with van der Waals surface area (Å²) in [5.41, 5.74) is 13.0. The van der Waals surface area contributed by atoms with E-state index in [9.17, 15) is 0 Å². The lowest BCUT2D eigenvalue weighted by molar-refractivity contribution is 0.267. The summed E-state index contributed by atoms with van der Waals surface area (Å²) in [5, 5.41) is 6.70. The molecule has 3 aromatic rings. The first-order chi connectivity index (χ1) is 16.5. The second kappa shape index (κ2) is 7.99. The van der Waals surface area contributed by atoms with Gasteiger partial charge in [0, 0.05) is 43.1 Å². The van der Waals surface area contributed by atoms with Crippen LogP contribution >= 0.6 is 0 Å². The van der Waals surface area contributed by atoms with Crippen molar-refractivity contribution in [1.29, 1.82) is 0 Å². The average Bonchev–Trinajstić information content (AvgIpc) is 3.44. The molecule has 1 saturated heterocycles. The lowest BCUT2D eigenvalue weighted by atomic mass is 9.89. The van der Waals surface area contributed by atoms with Crippen LogP contribution in [0.1, 0.15) is 31.7 Å². The molecule has 0 radical (unpaired) electrons. The number of aliphatic imine (C=N–C) groups is 1. The Balaban J connectivity index is 1.25. The molecule has 5 N–H and O–H groups in total. The van der Waals surface area contributed by atoms with E-state index in [1.807, 2.05) is 31.4 Å². The van der Waals surface area contributed by atoms with Crippen molar-refractivity contribution in [2.45, 2.75) is 37.8 Å². The first-order valence-corrected chi connectivity index (χ1v) is 11.9. The number of nitrogens with one attached hydrogen (secondary N) is 3. The Bertz CT molecular complexity index is 1320. The molecule has 4 heterocycles. The number of fused-ring (bicyclic) bond motifs is 2. The highest BCUT2D eigenvalue weighted by Crippen LogP contribution is 2.36. The predicted molar refractivity (Wildman–Crippen MR) is 137 cm³/mol. The zero-order valence-corrected chi connectivity index (χ0v) is 19.6. The summed E-state index contributed by atoms with van der Waals surface area (Å²) < 4.78 is 0. The fourth-order valence-corrected chi connectivity index (χ4v) is 4.93. The molecule has 174 valence electrons. The number of hydrogen-bond donors (Lipinski definition) is 4. The number of aromatic amines is 1. The van der Waals surface area contributed by atoms with E-state index in [-0.39, 0.29) is 5.54 Å². The van der Waals surface area contributed by atoms with Crippen molar-refractivity contribution in [2.75, 3.05) is 25.5 Å². The number of aromatic nitrogens is 3. The number of amidine groups is 1. The number of allylic oxidation sites excluding steroid dienone is 1. The molecule has 8 heteroatoms. The normalized spacial score (nSPS) is 22.7. The molecule has 6 rings (SSSR count). The van der Waals surface area contributed by atoms with Crippen LogP contribution in [0.4, 0.5) is 5.69 Å². The largest absolute Gasteiger partial charge is 0.387 e. The zero-order valence-electron chi connectivity index (χ0n) is 19.6. The third-order valence-corrected chi connectivity index (χ3v) is 7.15. The number of rotatable bonds is 4. The minimum Gasteiger partial charge on any atom is -0.387 e. The van der Waals surface area contributed by atoms with Gasteiger partial charge in [0.15, 0.2) is 5.82 Å². The number of imidazole rings is 1. The molecule has 1 atom stereocenters. The monoisotopic (exact) mass is 454 g/mol. The summed E-state index contributed by atoms with van der Waals surface area (Å²) in [6.45, 7) is 4.24. The van der Waals surface area contributed by atoms with Gasteiger partial charge >= 0.3 is 0 Å². The van der Waals surface area contributed by atoms with Crippen LogP contribution in [0.15, 0.2) is 65.1 Å². The van der Waals surface area contributed by atoms with Crippen molar-refractivity contribution in [2.24, 2.45) is 10.7 Å². The fraction of sp³-hybridized carbons (Fsp3) is 0.346. The number of nitrogens with zero attached hydrogens (tertiary/aromatic N) is 4. The Morgan fingerprint density at radius 1 is 1.18 bits per heavy atom. The van der Waals surface area contributed by atoms with Gasteiger partial charge in [-0.05, 0) is 62.6 Å². The Morgan fingerprint density at radius 2 is 2.03 bits per heavy atom. The lowest BCUT2D eigenvalue weighted by Gasteiger charge is -2.36. The van der Waals surface area contributed by atoms with Crippen LogP contribution in [0, 0.1) is 0 Å². The van der Waals surface area contributed by atoms with E-state index in [4.69, 9.17) is 15.7 Å². The minimum absolute atomic E-state index is 0.252. The number of pyridine rings is 1. The minimum atomic E-state index is -0.252. The van der Waals surface area contributed by atoms with E-state index in [2.05, 4.69) is 56.7 Å². The van der Waals surface area contributed by atoms with E-state index in [1.165, 1.54) is 5.70 Å². The Labute approximate surface area is 199 Å². The van der Waals surface area contributed by atoms with Gasteiger partial charge in [-0.15, -0.1) is 0 Å². The first kappa shape index (κ1) is 20.9. The molecule has 3 aliphatic rings. The molecular formula is C26H30N8. The van der Waals surface area contributed by atoms with Crippen molar-refractivity contribution >= 4 is 22.6 Å². The van der Waals surface area contributed by atoms with Crippen LogP contribution < -0.4 is 16.4 Å². The highest BCUT2D eigenvalue weighted by Gasteiger charge is 2.37. The molecule has 0 bridgehead atoms. The standard InChI is InChI=1S/C26H30N8/c1-26-10-7-19(34-11-8-17(27)9-12-34)14-23(26)32-24(33-26)16-3-5-20-22(13-16)31-25(30-20)21-6-4-18(28-2)15-29-21/h3-7,13-15,17,28H,8-12,27H2,1-2H3,(H,30,31)(H,32,33). The van der Waals surface area contributed by atoms with E-state index in [0.717, 1.165) is 77.7 Å². The van der Waals surface area contributed by atoms with Crippen molar-refractivity contribution in [3.05, 3.63) is 65.6 Å². The van der Waals surface area contributed by atoms with Gasteiger partial charge in [-0.1, -0.05) is 6.08 Å². The SMILES string of the molecule is CNc1ccc(-c2nc3ccc(C4=NC5(C)CC=C(N6CCC(N)CC6)C=C5N4)cc3[nH]2)nc1. The van der Waals surface area contributed by atoms with Gasteiger partial charge in [0.2, 0.25) is 0 Å². The van der Waals surface area contributed by atoms with Gasteiger partial charge < -0.3 is 26.3 Å². The summed E-state index contributed by atoms with van der Waals surface area (Å²) in [6.07, 6.45) is 9.39. The molecule has 34 heavy (non-hydrogen) atoms. The topological polar surface area (TPSA) is 107 Å². The molecule has 8 nitrogen and oxygen atoms in total. The zero-order chi connectivity index (χ0) is 23.3. The van der Waals surface area contributed by atoms with Crippen LogP contribution in [0.25, 0.3) is 22.6 Å². The molecular weight excluding hydrogens is 424 g/mol. The second-order valence-corrected chi connectivity index (χ2v) is 9.57. The average molecular weight is 455 g/mol. The number of H-pyrrole nitrogens is 1. The van der Waals surface area contributed by atoms with Gasteiger partial charge in [-0.2, -0.15) is 0 Å². The third-order valence-electron chi connectivity index (χ3n) is 7.15. The molecule has 1 aromatic carbocycles. The summed E-state index contributed by atoms with van der Waals surface area (Å²) in [6, 6.07) is 10.5. The highest BCUT2D eigenvalue weighted by molar-refractivity contribution is 6.04.